The van der Waals surface area contributed by atoms with E-state index in [-0.39, 0.29) is 18.3 Å². The summed E-state index contributed by atoms with van der Waals surface area (Å²) in [5, 5.41) is 41.0. The van der Waals surface area contributed by atoms with Crippen LogP contribution >= 0.6 is 11.3 Å². The van der Waals surface area contributed by atoms with Gasteiger partial charge in [0.05, 0.1) is 12.2 Å². The zero-order valence-corrected chi connectivity index (χ0v) is 17.0. The number of hydrogen-bond donors (Lipinski definition) is 4. The summed E-state index contributed by atoms with van der Waals surface area (Å²) in [5.41, 5.74) is 0. The second-order valence-electron chi connectivity index (χ2n) is 7.62. The van der Waals surface area contributed by atoms with Gasteiger partial charge >= 0.3 is 5.97 Å². The van der Waals surface area contributed by atoms with Crippen LogP contribution in [-0.2, 0) is 4.79 Å². The van der Waals surface area contributed by atoms with Crippen LogP contribution in [0.2, 0.25) is 0 Å². The third-order valence-electron chi connectivity index (χ3n) is 5.50. The first-order chi connectivity index (χ1) is 14.0. The summed E-state index contributed by atoms with van der Waals surface area (Å²) in [5.74, 6) is -1.14. The maximum atomic E-state index is 10.6. The van der Waals surface area contributed by atoms with Crippen molar-refractivity contribution >= 4 is 27.4 Å². The molecule has 1 aromatic carbocycles. The molecule has 29 heavy (non-hydrogen) atoms. The van der Waals surface area contributed by atoms with Crippen LogP contribution in [0.15, 0.2) is 54.6 Å². The van der Waals surface area contributed by atoms with Crippen molar-refractivity contribution in [3.8, 4) is 0 Å². The molecule has 0 unspecified atom stereocenters. The number of unbranched alkanes of at least 4 members (excludes halogenated alkanes) is 1. The van der Waals surface area contributed by atoms with E-state index in [1.807, 2.05) is 48.6 Å². The van der Waals surface area contributed by atoms with E-state index in [4.69, 9.17) is 5.11 Å². The van der Waals surface area contributed by atoms with Crippen LogP contribution in [0.1, 0.15) is 43.1 Å². The Bertz CT molecular complexity index is 838. The van der Waals surface area contributed by atoms with Crippen molar-refractivity contribution in [1.82, 2.24) is 0 Å². The molecule has 1 aliphatic carbocycles. The molecule has 0 aliphatic heterocycles. The molecule has 0 radical (unpaired) electrons. The Morgan fingerprint density at radius 1 is 1.21 bits per heavy atom. The van der Waals surface area contributed by atoms with Gasteiger partial charge in [-0.1, -0.05) is 42.5 Å². The highest BCUT2D eigenvalue weighted by Gasteiger charge is 2.39. The van der Waals surface area contributed by atoms with E-state index in [2.05, 4.69) is 0 Å². The molecule has 1 aliphatic rings. The van der Waals surface area contributed by atoms with Crippen molar-refractivity contribution in [2.24, 2.45) is 11.8 Å². The number of thiophene rings is 1. The zero-order valence-electron chi connectivity index (χ0n) is 16.2. The first-order valence-corrected chi connectivity index (χ1v) is 10.8. The number of carbonyl (C=O) groups is 1. The van der Waals surface area contributed by atoms with Crippen molar-refractivity contribution in [3.63, 3.8) is 0 Å². The van der Waals surface area contributed by atoms with Crippen LogP contribution in [0.3, 0.4) is 0 Å². The molecule has 4 N–H and O–H groups in total. The number of fused-ring (bicyclic) bond motifs is 1. The number of carboxylic acid groups (broad SMARTS) is 1. The second kappa shape index (κ2) is 10.2. The van der Waals surface area contributed by atoms with Crippen LogP contribution in [0.25, 0.3) is 10.1 Å². The van der Waals surface area contributed by atoms with Crippen LogP contribution in [0, 0.1) is 11.8 Å². The summed E-state index contributed by atoms with van der Waals surface area (Å²) in [6.45, 7) is 0. The predicted molar refractivity (Wildman–Crippen MR) is 115 cm³/mol. The standard InChI is InChI=1S/C23H28O5S/c24-18(22-13-15-7-5-6-9-21(15)29-22)12-11-17-16(19(25)14-20(17)26)8-3-1-2-4-10-23(27)28/h1,3,5-7,9,11-13,16-20,24-26H,2,4,8,10,14H2,(H,27,28)/b3-1-,12-11+/t16-,17-,18+,19+,20-/m1/s1. The summed E-state index contributed by atoms with van der Waals surface area (Å²) in [4.78, 5) is 11.4. The van der Waals surface area contributed by atoms with Crippen molar-refractivity contribution in [3.05, 3.63) is 59.5 Å². The average Bonchev–Trinajstić information content (AvgIpc) is 3.23. The van der Waals surface area contributed by atoms with Crippen molar-refractivity contribution < 1.29 is 25.2 Å². The van der Waals surface area contributed by atoms with Crippen molar-refractivity contribution in [2.75, 3.05) is 0 Å². The zero-order chi connectivity index (χ0) is 20.8. The van der Waals surface area contributed by atoms with Crippen LogP contribution in [0.5, 0.6) is 0 Å². The van der Waals surface area contributed by atoms with Gasteiger partial charge < -0.3 is 20.4 Å². The molecule has 0 bridgehead atoms. The molecule has 5 nitrogen and oxygen atoms in total. The number of allylic oxidation sites excluding steroid dienone is 2. The lowest BCUT2D eigenvalue weighted by molar-refractivity contribution is -0.137. The number of rotatable bonds is 9. The fourth-order valence-electron chi connectivity index (χ4n) is 3.93. The van der Waals surface area contributed by atoms with Gasteiger partial charge in [-0.15, -0.1) is 11.3 Å². The largest absolute Gasteiger partial charge is 0.481 e. The van der Waals surface area contributed by atoms with Gasteiger partial charge in [-0.2, -0.15) is 0 Å². The Morgan fingerprint density at radius 2 is 2.00 bits per heavy atom. The quantitative estimate of drug-likeness (QED) is 0.365. The Labute approximate surface area is 174 Å². The van der Waals surface area contributed by atoms with Crippen molar-refractivity contribution in [2.45, 2.75) is 50.4 Å². The number of hydrogen-bond acceptors (Lipinski definition) is 5. The van der Waals surface area contributed by atoms with Crippen LogP contribution in [0.4, 0.5) is 0 Å². The van der Waals surface area contributed by atoms with Crippen LogP contribution in [-0.4, -0.2) is 38.6 Å². The third-order valence-corrected chi connectivity index (χ3v) is 6.69. The first kappa shape index (κ1) is 21.7. The predicted octanol–water partition coefficient (Wildman–Crippen LogP) is 4.05. The molecule has 1 aromatic heterocycles. The third kappa shape index (κ3) is 5.76. The fourth-order valence-corrected chi connectivity index (χ4v) is 4.96. The van der Waals surface area contributed by atoms with Gasteiger partial charge in [-0.25, -0.2) is 0 Å². The van der Waals surface area contributed by atoms with Gasteiger partial charge in [0.15, 0.2) is 0 Å². The molecule has 5 atom stereocenters. The number of carboxylic acids is 1. The molecular weight excluding hydrogens is 388 g/mol. The SMILES string of the molecule is O=C(O)CCC/C=C\C[C@@H]1[C@@H](/C=C/[C@H](O)c2cc3ccccc3s2)[C@H](O)C[C@@H]1O. The second-order valence-corrected chi connectivity index (χ2v) is 8.74. The minimum atomic E-state index is -0.796. The number of aliphatic hydroxyl groups is 3. The Kier molecular flexibility index (Phi) is 7.61. The maximum Gasteiger partial charge on any atom is 0.303 e. The molecule has 1 heterocycles. The Balaban J connectivity index is 1.60. The van der Waals surface area contributed by atoms with Gasteiger partial charge in [-0.05, 0) is 42.7 Å². The highest BCUT2D eigenvalue weighted by molar-refractivity contribution is 7.19. The van der Waals surface area contributed by atoms with E-state index < -0.39 is 24.3 Å². The smallest absolute Gasteiger partial charge is 0.303 e. The molecule has 156 valence electrons. The van der Waals surface area contributed by atoms with Crippen LogP contribution < -0.4 is 0 Å². The van der Waals surface area contributed by atoms with Gasteiger partial charge in [0.1, 0.15) is 6.10 Å². The number of benzene rings is 1. The maximum absolute atomic E-state index is 10.6. The number of aliphatic hydroxyl groups excluding tert-OH is 3. The van der Waals surface area contributed by atoms with Gasteiger partial charge in [-0.3, -0.25) is 4.79 Å². The number of aliphatic carboxylic acids is 1. The lowest BCUT2D eigenvalue weighted by Crippen LogP contribution is -2.20. The minimum absolute atomic E-state index is 0.119. The molecule has 1 fully saturated rings. The molecule has 2 aromatic rings. The molecule has 0 saturated heterocycles. The molecule has 0 spiro atoms. The summed E-state index contributed by atoms with van der Waals surface area (Å²) >= 11 is 1.55. The van der Waals surface area contributed by atoms with E-state index in [1.54, 1.807) is 17.4 Å². The topological polar surface area (TPSA) is 98.0 Å². The summed E-state index contributed by atoms with van der Waals surface area (Å²) in [7, 11) is 0. The van der Waals surface area contributed by atoms with E-state index in [0.717, 1.165) is 15.0 Å². The molecule has 6 heteroatoms. The normalized spacial score (nSPS) is 26.0. The lowest BCUT2D eigenvalue weighted by Gasteiger charge is -2.19. The van der Waals surface area contributed by atoms with E-state index in [1.165, 1.54) is 0 Å². The highest BCUT2D eigenvalue weighted by atomic mass is 32.1. The first-order valence-electron chi connectivity index (χ1n) is 10.0. The monoisotopic (exact) mass is 416 g/mol. The highest BCUT2D eigenvalue weighted by Crippen LogP contribution is 2.37. The Hall–Kier alpha value is -1.99. The fraction of sp³-hybridized carbons (Fsp3) is 0.435. The molecular formula is C23H28O5S. The van der Waals surface area contributed by atoms with Crippen molar-refractivity contribution in [1.29, 1.82) is 0 Å². The van der Waals surface area contributed by atoms with Gasteiger partial charge in [0.2, 0.25) is 0 Å². The summed E-state index contributed by atoms with van der Waals surface area (Å²) < 4.78 is 1.12. The average molecular weight is 417 g/mol. The Morgan fingerprint density at radius 3 is 2.76 bits per heavy atom. The lowest BCUT2D eigenvalue weighted by atomic mass is 9.89. The van der Waals surface area contributed by atoms with Gasteiger partial charge in [0.25, 0.3) is 0 Å². The van der Waals surface area contributed by atoms with E-state index in [0.29, 0.717) is 25.7 Å². The van der Waals surface area contributed by atoms with Gasteiger partial charge in [0, 0.05) is 28.3 Å². The molecule has 0 amide bonds. The van der Waals surface area contributed by atoms with E-state index in [9.17, 15) is 20.1 Å². The van der Waals surface area contributed by atoms with E-state index >= 15 is 0 Å². The summed E-state index contributed by atoms with van der Waals surface area (Å²) in [6.07, 6.45) is 7.81. The molecule has 1 saturated carbocycles. The minimum Gasteiger partial charge on any atom is -0.481 e. The molecule has 3 rings (SSSR count). The summed E-state index contributed by atoms with van der Waals surface area (Å²) in [6, 6.07) is 9.96.